The number of piperazine rings is 1. The van der Waals surface area contributed by atoms with Gasteiger partial charge in [-0.3, -0.25) is 4.79 Å². The van der Waals surface area contributed by atoms with Crippen LogP contribution in [-0.4, -0.2) is 34.9 Å². The molecule has 0 bridgehead atoms. The van der Waals surface area contributed by atoms with Crippen molar-refractivity contribution in [2.45, 2.75) is 25.9 Å². The number of carbonyl (C=O) groups is 1. The van der Waals surface area contributed by atoms with Crippen LogP contribution in [0.1, 0.15) is 25.8 Å². The fourth-order valence-corrected chi connectivity index (χ4v) is 1.89. The predicted octanol–water partition coefficient (Wildman–Crippen LogP) is 0.556. The predicted molar refractivity (Wildman–Crippen MR) is 54.1 cm³/mol. The summed E-state index contributed by atoms with van der Waals surface area (Å²) in [4.78, 5) is 17.2. The molecule has 2 unspecified atom stereocenters. The smallest absolute Gasteiger partial charge is 0.219 e. The number of amides is 1. The van der Waals surface area contributed by atoms with Gasteiger partial charge in [-0.25, -0.2) is 4.98 Å². The van der Waals surface area contributed by atoms with Crippen molar-refractivity contribution in [2.24, 2.45) is 0 Å². The second-order valence-electron chi connectivity index (χ2n) is 3.91. The Labute approximate surface area is 88.5 Å². The zero-order chi connectivity index (χ0) is 10.8. The Morgan fingerprint density at radius 2 is 2.47 bits per heavy atom. The summed E-state index contributed by atoms with van der Waals surface area (Å²) in [5.74, 6) is 0.743. The van der Waals surface area contributed by atoms with Gasteiger partial charge in [-0.1, -0.05) is 0 Å². The van der Waals surface area contributed by atoms with Gasteiger partial charge in [0, 0.05) is 26.1 Å². The Morgan fingerprint density at radius 1 is 1.67 bits per heavy atom. The summed E-state index contributed by atoms with van der Waals surface area (Å²) in [6.07, 6.45) is 3.17. The number of rotatable bonds is 1. The summed E-state index contributed by atoms with van der Waals surface area (Å²) in [6, 6.07) is 0.271. The van der Waals surface area contributed by atoms with Crippen molar-refractivity contribution >= 4 is 5.91 Å². The second kappa shape index (κ2) is 4.02. The summed E-state index contributed by atoms with van der Waals surface area (Å²) in [7, 11) is 0. The van der Waals surface area contributed by atoms with Crippen LogP contribution in [0.25, 0.3) is 0 Å². The van der Waals surface area contributed by atoms with Crippen LogP contribution < -0.4 is 5.32 Å². The summed E-state index contributed by atoms with van der Waals surface area (Å²) < 4.78 is 5.24. The van der Waals surface area contributed by atoms with E-state index in [1.54, 1.807) is 19.4 Å². The summed E-state index contributed by atoms with van der Waals surface area (Å²) in [6.45, 7) is 5.00. The van der Waals surface area contributed by atoms with Crippen LogP contribution >= 0.6 is 0 Å². The number of hydrogen-bond donors (Lipinski definition) is 1. The van der Waals surface area contributed by atoms with E-state index in [9.17, 15) is 4.79 Å². The molecular formula is C10H15N3O2. The van der Waals surface area contributed by atoms with Gasteiger partial charge in [-0.15, -0.1) is 0 Å². The monoisotopic (exact) mass is 209 g/mol. The first kappa shape index (κ1) is 10.2. The lowest BCUT2D eigenvalue weighted by Gasteiger charge is -2.35. The Balaban J connectivity index is 2.10. The number of oxazole rings is 1. The lowest BCUT2D eigenvalue weighted by molar-refractivity contribution is -0.130. The van der Waals surface area contributed by atoms with E-state index in [-0.39, 0.29) is 18.0 Å². The minimum atomic E-state index is 0.00708. The van der Waals surface area contributed by atoms with Crippen molar-refractivity contribution in [3.63, 3.8) is 0 Å². The normalized spacial score (nSPS) is 26.7. The topological polar surface area (TPSA) is 58.4 Å². The summed E-state index contributed by atoms with van der Waals surface area (Å²) >= 11 is 0. The molecule has 1 fully saturated rings. The van der Waals surface area contributed by atoms with Crippen molar-refractivity contribution < 1.29 is 9.21 Å². The highest BCUT2D eigenvalue weighted by molar-refractivity contribution is 5.73. The zero-order valence-corrected chi connectivity index (χ0v) is 8.93. The third kappa shape index (κ3) is 2.18. The molecule has 0 spiro atoms. The molecule has 1 amide bonds. The van der Waals surface area contributed by atoms with E-state index in [0.29, 0.717) is 12.4 Å². The van der Waals surface area contributed by atoms with E-state index >= 15 is 0 Å². The average molecular weight is 209 g/mol. The molecule has 2 heterocycles. The van der Waals surface area contributed by atoms with Gasteiger partial charge in [0.15, 0.2) is 0 Å². The van der Waals surface area contributed by atoms with Crippen molar-refractivity contribution in [3.8, 4) is 0 Å². The van der Waals surface area contributed by atoms with Crippen LogP contribution in [0.4, 0.5) is 0 Å². The van der Waals surface area contributed by atoms with E-state index in [0.717, 1.165) is 6.54 Å². The van der Waals surface area contributed by atoms with Gasteiger partial charge in [-0.2, -0.15) is 0 Å². The molecule has 0 aliphatic carbocycles. The molecule has 5 nitrogen and oxygen atoms in total. The van der Waals surface area contributed by atoms with E-state index in [4.69, 9.17) is 4.42 Å². The maximum atomic E-state index is 11.3. The molecule has 2 atom stereocenters. The van der Waals surface area contributed by atoms with Gasteiger partial charge in [0.1, 0.15) is 12.3 Å². The quantitative estimate of drug-likeness (QED) is 0.734. The van der Waals surface area contributed by atoms with Crippen molar-refractivity contribution in [3.05, 3.63) is 18.4 Å². The van der Waals surface area contributed by atoms with Gasteiger partial charge >= 0.3 is 0 Å². The van der Waals surface area contributed by atoms with E-state index in [1.807, 2.05) is 11.8 Å². The molecule has 0 aromatic carbocycles. The number of hydrogen-bond acceptors (Lipinski definition) is 4. The molecule has 1 N–H and O–H groups in total. The highest BCUT2D eigenvalue weighted by Crippen LogP contribution is 2.17. The van der Waals surface area contributed by atoms with Gasteiger partial charge in [0.05, 0.1) is 6.20 Å². The van der Waals surface area contributed by atoms with Crippen LogP contribution in [0, 0.1) is 0 Å². The van der Waals surface area contributed by atoms with Gasteiger partial charge in [0.2, 0.25) is 11.8 Å². The van der Waals surface area contributed by atoms with Crippen LogP contribution in [0.3, 0.4) is 0 Å². The first-order chi connectivity index (χ1) is 7.16. The van der Waals surface area contributed by atoms with Gasteiger partial charge < -0.3 is 14.6 Å². The third-order valence-corrected chi connectivity index (χ3v) is 2.58. The van der Waals surface area contributed by atoms with E-state index < -0.39 is 0 Å². The number of nitrogens with one attached hydrogen (secondary N) is 1. The second-order valence-corrected chi connectivity index (χ2v) is 3.91. The van der Waals surface area contributed by atoms with Crippen molar-refractivity contribution in [1.82, 2.24) is 15.2 Å². The fourth-order valence-electron chi connectivity index (χ4n) is 1.89. The zero-order valence-electron chi connectivity index (χ0n) is 8.93. The van der Waals surface area contributed by atoms with Crippen LogP contribution in [0.2, 0.25) is 0 Å². The standard InChI is InChI=1S/C10H15N3O2/c1-7-5-13(8(2)14)6-9(12-7)10-11-3-4-15-10/h3-4,7,9,12H,5-6H2,1-2H3. The first-order valence-corrected chi connectivity index (χ1v) is 5.08. The van der Waals surface area contributed by atoms with E-state index in [1.165, 1.54) is 0 Å². The summed E-state index contributed by atoms with van der Waals surface area (Å²) in [5.41, 5.74) is 0. The highest BCUT2D eigenvalue weighted by atomic mass is 16.3. The Bertz CT molecular complexity index is 336. The maximum Gasteiger partial charge on any atom is 0.219 e. The SMILES string of the molecule is CC(=O)N1CC(C)NC(c2ncco2)C1. The van der Waals surface area contributed by atoms with Gasteiger partial charge in [-0.05, 0) is 6.92 Å². The number of nitrogens with zero attached hydrogens (tertiary/aromatic N) is 2. The molecule has 1 saturated heterocycles. The molecule has 1 aliphatic rings. The maximum absolute atomic E-state index is 11.3. The van der Waals surface area contributed by atoms with Crippen LogP contribution in [-0.2, 0) is 4.79 Å². The lowest BCUT2D eigenvalue weighted by Crippen LogP contribution is -2.52. The van der Waals surface area contributed by atoms with Crippen LogP contribution in [0.5, 0.6) is 0 Å². The largest absolute Gasteiger partial charge is 0.447 e. The summed E-state index contributed by atoms with van der Waals surface area (Å²) in [5, 5.41) is 3.35. The molecule has 5 heteroatoms. The lowest BCUT2D eigenvalue weighted by atomic mass is 10.1. The van der Waals surface area contributed by atoms with Gasteiger partial charge in [0.25, 0.3) is 0 Å². The molecule has 1 aromatic rings. The Kier molecular flexibility index (Phi) is 2.73. The first-order valence-electron chi connectivity index (χ1n) is 5.08. The molecule has 82 valence electrons. The third-order valence-electron chi connectivity index (χ3n) is 2.58. The Hall–Kier alpha value is -1.36. The molecule has 1 aromatic heterocycles. The van der Waals surface area contributed by atoms with Crippen molar-refractivity contribution in [1.29, 1.82) is 0 Å². The molecule has 0 radical (unpaired) electrons. The molecule has 2 rings (SSSR count). The fraction of sp³-hybridized carbons (Fsp3) is 0.600. The number of carbonyl (C=O) groups excluding carboxylic acids is 1. The van der Waals surface area contributed by atoms with Crippen LogP contribution in [0.15, 0.2) is 16.9 Å². The van der Waals surface area contributed by atoms with E-state index in [2.05, 4.69) is 10.3 Å². The average Bonchev–Trinajstić information content (AvgIpc) is 2.69. The van der Waals surface area contributed by atoms with Crippen molar-refractivity contribution in [2.75, 3.05) is 13.1 Å². The molecule has 15 heavy (non-hydrogen) atoms. The molecule has 0 saturated carbocycles. The molecule has 1 aliphatic heterocycles. The highest BCUT2D eigenvalue weighted by Gasteiger charge is 2.28. The molecular weight excluding hydrogens is 194 g/mol. The Morgan fingerprint density at radius 3 is 3.07 bits per heavy atom. The minimum absolute atomic E-state index is 0.00708. The minimum Gasteiger partial charge on any atom is -0.447 e. The number of aromatic nitrogens is 1.